The molecule has 3 rings (SSSR count). The number of methoxy groups -OCH3 is 2. The van der Waals surface area contributed by atoms with Crippen molar-refractivity contribution in [3.05, 3.63) is 59.8 Å². The van der Waals surface area contributed by atoms with E-state index < -0.39 is 0 Å². The number of fused-ring (bicyclic) bond motifs is 1. The number of nitrogens with zero attached hydrogens (tertiary/aromatic N) is 1. The zero-order chi connectivity index (χ0) is 16.9. The predicted octanol–water partition coefficient (Wildman–Crippen LogP) is 2.95. The van der Waals surface area contributed by atoms with Crippen LogP contribution in [0, 0.1) is 0 Å². The van der Waals surface area contributed by atoms with Crippen LogP contribution in [0.25, 0.3) is 10.9 Å². The second-order valence-corrected chi connectivity index (χ2v) is 5.05. The van der Waals surface area contributed by atoms with E-state index in [0.29, 0.717) is 22.6 Å². The highest BCUT2D eigenvalue weighted by Gasteiger charge is 2.10. The Labute approximate surface area is 139 Å². The van der Waals surface area contributed by atoms with E-state index in [2.05, 4.69) is 15.5 Å². The Morgan fingerprint density at radius 1 is 1.17 bits per heavy atom. The maximum atomic E-state index is 12.3. The van der Waals surface area contributed by atoms with Gasteiger partial charge in [-0.2, -0.15) is 5.10 Å². The minimum Gasteiger partial charge on any atom is -0.497 e. The first kappa shape index (κ1) is 15.6. The number of ether oxygens (including phenoxy) is 2. The molecule has 0 saturated heterocycles. The van der Waals surface area contributed by atoms with Crippen LogP contribution in [0.1, 0.15) is 15.9 Å². The molecule has 0 saturated carbocycles. The summed E-state index contributed by atoms with van der Waals surface area (Å²) < 4.78 is 10.4. The molecule has 2 N–H and O–H groups in total. The summed E-state index contributed by atoms with van der Waals surface area (Å²) in [5.41, 5.74) is 4.68. The Morgan fingerprint density at radius 2 is 2.00 bits per heavy atom. The lowest BCUT2D eigenvalue weighted by Crippen LogP contribution is -2.17. The zero-order valence-electron chi connectivity index (χ0n) is 13.4. The fourth-order valence-corrected chi connectivity index (χ4v) is 2.42. The summed E-state index contributed by atoms with van der Waals surface area (Å²) in [7, 11) is 3.16. The molecule has 1 amide bonds. The number of rotatable bonds is 5. The lowest BCUT2D eigenvalue weighted by Gasteiger charge is -2.06. The van der Waals surface area contributed by atoms with Crippen LogP contribution in [-0.2, 0) is 0 Å². The molecule has 2 aromatic carbocycles. The molecule has 0 aliphatic rings. The molecular formula is C18H17N3O3. The average Bonchev–Trinajstić information content (AvgIpc) is 3.05. The van der Waals surface area contributed by atoms with Gasteiger partial charge in [0, 0.05) is 22.7 Å². The van der Waals surface area contributed by atoms with Crippen molar-refractivity contribution in [1.29, 1.82) is 0 Å². The Kier molecular flexibility index (Phi) is 4.47. The number of carbonyl (C=O) groups is 1. The Balaban J connectivity index is 1.78. The molecule has 0 unspecified atom stereocenters. The van der Waals surface area contributed by atoms with Crippen LogP contribution in [0.2, 0.25) is 0 Å². The number of nitrogens with one attached hydrogen (secondary N) is 2. The summed E-state index contributed by atoms with van der Waals surface area (Å²) in [6, 6.07) is 12.9. The van der Waals surface area contributed by atoms with Crippen molar-refractivity contribution in [3.8, 4) is 11.5 Å². The largest absolute Gasteiger partial charge is 0.497 e. The standard InChI is InChI=1S/C18H17N3O3/c1-23-13-7-8-17(24-2)12(9-13)10-20-21-18(22)15-11-19-16-6-4-3-5-14(15)16/h3-11,19H,1-2H3,(H,21,22)/b20-10-. The molecule has 0 radical (unpaired) electrons. The van der Waals surface area contributed by atoms with Crippen LogP contribution >= 0.6 is 0 Å². The predicted molar refractivity (Wildman–Crippen MR) is 92.9 cm³/mol. The summed E-state index contributed by atoms with van der Waals surface area (Å²) in [6.45, 7) is 0. The maximum Gasteiger partial charge on any atom is 0.273 e. The topological polar surface area (TPSA) is 75.7 Å². The fraction of sp³-hybridized carbons (Fsp3) is 0.111. The van der Waals surface area contributed by atoms with Crippen LogP contribution in [0.15, 0.2) is 53.8 Å². The quantitative estimate of drug-likeness (QED) is 0.560. The van der Waals surface area contributed by atoms with E-state index in [-0.39, 0.29) is 5.91 Å². The van der Waals surface area contributed by atoms with Gasteiger partial charge >= 0.3 is 0 Å². The highest BCUT2D eigenvalue weighted by molar-refractivity contribution is 6.06. The number of benzene rings is 2. The summed E-state index contributed by atoms with van der Waals surface area (Å²) in [5, 5.41) is 4.87. The molecule has 1 heterocycles. The van der Waals surface area contributed by atoms with Crippen molar-refractivity contribution in [2.24, 2.45) is 5.10 Å². The van der Waals surface area contributed by atoms with Gasteiger partial charge in [0.15, 0.2) is 0 Å². The van der Waals surface area contributed by atoms with Crippen LogP contribution in [-0.4, -0.2) is 31.3 Å². The Bertz CT molecular complexity index is 899. The van der Waals surface area contributed by atoms with Crippen molar-refractivity contribution >= 4 is 23.0 Å². The van der Waals surface area contributed by atoms with Gasteiger partial charge in [0.25, 0.3) is 5.91 Å². The monoisotopic (exact) mass is 323 g/mol. The Morgan fingerprint density at radius 3 is 2.79 bits per heavy atom. The molecule has 3 aromatic rings. The van der Waals surface area contributed by atoms with Gasteiger partial charge in [-0.05, 0) is 24.3 Å². The summed E-state index contributed by atoms with van der Waals surface area (Å²) in [4.78, 5) is 15.3. The van der Waals surface area contributed by atoms with Crippen LogP contribution < -0.4 is 14.9 Å². The second kappa shape index (κ2) is 6.87. The third kappa shape index (κ3) is 3.08. The SMILES string of the molecule is COc1ccc(OC)c(/C=N\NC(=O)c2c[nH]c3ccccc23)c1. The molecule has 6 nitrogen and oxygen atoms in total. The summed E-state index contributed by atoms with van der Waals surface area (Å²) >= 11 is 0. The number of H-pyrrole nitrogens is 1. The van der Waals surface area contributed by atoms with Gasteiger partial charge < -0.3 is 14.5 Å². The highest BCUT2D eigenvalue weighted by atomic mass is 16.5. The number of para-hydroxylation sites is 1. The molecule has 0 aliphatic carbocycles. The van der Waals surface area contributed by atoms with Gasteiger partial charge in [-0.3, -0.25) is 4.79 Å². The highest BCUT2D eigenvalue weighted by Crippen LogP contribution is 2.22. The molecule has 0 bridgehead atoms. The molecule has 24 heavy (non-hydrogen) atoms. The van der Waals surface area contributed by atoms with Gasteiger partial charge in [-0.15, -0.1) is 0 Å². The zero-order valence-corrected chi connectivity index (χ0v) is 13.4. The first-order valence-electron chi connectivity index (χ1n) is 7.34. The minimum atomic E-state index is -0.287. The van der Waals surface area contributed by atoms with Crippen molar-refractivity contribution < 1.29 is 14.3 Å². The second-order valence-electron chi connectivity index (χ2n) is 5.05. The van der Waals surface area contributed by atoms with Gasteiger partial charge in [-0.1, -0.05) is 18.2 Å². The fourth-order valence-electron chi connectivity index (χ4n) is 2.42. The first-order valence-corrected chi connectivity index (χ1v) is 7.34. The Hall–Kier alpha value is -3.28. The molecule has 1 aromatic heterocycles. The van der Waals surface area contributed by atoms with Gasteiger partial charge in [0.1, 0.15) is 11.5 Å². The van der Waals surface area contributed by atoms with Crippen molar-refractivity contribution in [3.63, 3.8) is 0 Å². The normalized spacial score (nSPS) is 10.9. The summed E-state index contributed by atoms with van der Waals surface area (Å²) in [5.74, 6) is 1.03. The van der Waals surface area contributed by atoms with E-state index in [9.17, 15) is 4.79 Å². The molecule has 0 fully saturated rings. The van der Waals surface area contributed by atoms with Crippen molar-refractivity contribution in [2.45, 2.75) is 0 Å². The van der Waals surface area contributed by atoms with E-state index in [0.717, 1.165) is 10.9 Å². The van der Waals surface area contributed by atoms with E-state index >= 15 is 0 Å². The molecule has 122 valence electrons. The number of amides is 1. The molecule has 0 aliphatic heterocycles. The number of aromatic amines is 1. The lowest BCUT2D eigenvalue weighted by molar-refractivity contribution is 0.0957. The molecule has 0 atom stereocenters. The van der Waals surface area contributed by atoms with E-state index in [1.807, 2.05) is 24.3 Å². The number of hydrogen-bond donors (Lipinski definition) is 2. The maximum absolute atomic E-state index is 12.3. The van der Waals surface area contributed by atoms with Crippen molar-refractivity contribution in [2.75, 3.05) is 14.2 Å². The lowest BCUT2D eigenvalue weighted by atomic mass is 10.2. The van der Waals surface area contributed by atoms with Crippen LogP contribution in [0.3, 0.4) is 0 Å². The van der Waals surface area contributed by atoms with E-state index in [1.165, 1.54) is 6.21 Å². The third-order valence-corrected chi connectivity index (χ3v) is 3.64. The first-order chi connectivity index (χ1) is 11.7. The molecular weight excluding hydrogens is 306 g/mol. The van der Waals surface area contributed by atoms with Crippen molar-refractivity contribution in [1.82, 2.24) is 10.4 Å². The third-order valence-electron chi connectivity index (χ3n) is 3.64. The average molecular weight is 323 g/mol. The number of aromatic nitrogens is 1. The van der Waals surface area contributed by atoms with Gasteiger partial charge in [0.05, 0.1) is 26.0 Å². The summed E-state index contributed by atoms with van der Waals surface area (Å²) in [6.07, 6.45) is 3.19. The molecule has 0 spiro atoms. The van der Waals surface area contributed by atoms with Crippen LogP contribution in [0.4, 0.5) is 0 Å². The van der Waals surface area contributed by atoms with E-state index in [4.69, 9.17) is 9.47 Å². The number of hydrazone groups is 1. The molecule has 6 heteroatoms. The number of hydrogen-bond acceptors (Lipinski definition) is 4. The van der Waals surface area contributed by atoms with Gasteiger partial charge in [0.2, 0.25) is 0 Å². The smallest absolute Gasteiger partial charge is 0.273 e. The number of carbonyl (C=O) groups excluding carboxylic acids is 1. The van der Waals surface area contributed by atoms with Crippen LogP contribution in [0.5, 0.6) is 11.5 Å². The van der Waals surface area contributed by atoms with E-state index in [1.54, 1.807) is 38.6 Å². The van der Waals surface area contributed by atoms with Gasteiger partial charge in [-0.25, -0.2) is 5.43 Å². The minimum absolute atomic E-state index is 0.287.